The first kappa shape index (κ1) is 21.1. The summed E-state index contributed by atoms with van der Waals surface area (Å²) in [7, 11) is 0. The van der Waals surface area contributed by atoms with Crippen LogP contribution in [-0.4, -0.2) is 17.0 Å². The van der Waals surface area contributed by atoms with Crippen molar-refractivity contribution in [1.29, 1.82) is 0 Å². The fraction of sp³-hybridized carbons (Fsp3) is 0.231. The van der Waals surface area contributed by atoms with Gasteiger partial charge in [0, 0.05) is 5.56 Å². The summed E-state index contributed by atoms with van der Waals surface area (Å²) in [6, 6.07) is 21.6. The number of thiazole rings is 1. The predicted octanol–water partition coefficient (Wildman–Crippen LogP) is 6.55. The SMILES string of the molecule is Cc1cc2nc(N(Cc3ccccc3)C(=O)c3ccc(OC(C)C)cc3)sc2cc1C. The maximum absolute atomic E-state index is 13.5. The Kier molecular flexibility index (Phi) is 6.05. The van der Waals surface area contributed by atoms with Crippen LogP contribution >= 0.6 is 11.3 Å². The van der Waals surface area contributed by atoms with Crippen LogP contribution in [0.1, 0.15) is 40.9 Å². The van der Waals surface area contributed by atoms with Crippen molar-refractivity contribution in [3.63, 3.8) is 0 Å². The molecule has 0 atom stereocenters. The Morgan fingerprint density at radius 1 is 1.00 bits per heavy atom. The zero-order valence-corrected chi connectivity index (χ0v) is 19.1. The van der Waals surface area contributed by atoms with Gasteiger partial charge in [-0.05, 0) is 80.8 Å². The molecule has 0 spiro atoms. The Labute approximate surface area is 187 Å². The number of fused-ring (bicyclic) bond motifs is 1. The van der Waals surface area contributed by atoms with Crippen molar-refractivity contribution < 1.29 is 9.53 Å². The lowest BCUT2D eigenvalue weighted by Crippen LogP contribution is -2.30. The second-order valence-electron chi connectivity index (χ2n) is 7.97. The molecule has 1 amide bonds. The monoisotopic (exact) mass is 430 g/mol. The van der Waals surface area contributed by atoms with E-state index in [1.807, 2.05) is 68.4 Å². The molecule has 4 nitrogen and oxygen atoms in total. The molecule has 0 radical (unpaired) electrons. The highest BCUT2D eigenvalue weighted by molar-refractivity contribution is 7.22. The number of amides is 1. The Bertz CT molecular complexity index is 1160. The van der Waals surface area contributed by atoms with Crippen molar-refractivity contribution in [1.82, 2.24) is 4.98 Å². The highest BCUT2D eigenvalue weighted by Gasteiger charge is 2.22. The molecular formula is C26H26N2O2S. The summed E-state index contributed by atoms with van der Waals surface area (Å²) in [6.45, 7) is 8.61. The lowest BCUT2D eigenvalue weighted by atomic mass is 10.1. The Hall–Kier alpha value is -3.18. The molecule has 0 aliphatic carbocycles. The number of benzene rings is 3. The van der Waals surface area contributed by atoms with Gasteiger partial charge in [-0.2, -0.15) is 0 Å². The predicted molar refractivity (Wildman–Crippen MR) is 128 cm³/mol. The molecule has 0 saturated heterocycles. The van der Waals surface area contributed by atoms with E-state index in [2.05, 4.69) is 26.0 Å². The van der Waals surface area contributed by atoms with Gasteiger partial charge in [0.1, 0.15) is 5.75 Å². The molecule has 5 heteroatoms. The topological polar surface area (TPSA) is 42.4 Å². The molecule has 158 valence electrons. The summed E-state index contributed by atoms with van der Waals surface area (Å²) in [5.41, 5.74) is 5.02. The quantitative estimate of drug-likeness (QED) is 0.348. The first-order chi connectivity index (χ1) is 14.9. The van der Waals surface area contributed by atoms with E-state index in [9.17, 15) is 4.79 Å². The molecule has 0 saturated carbocycles. The Balaban J connectivity index is 1.71. The normalized spacial score (nSPS) is 11.1. The number of carbonyl (C=O) groups is 1. The van der Waals surface area contributed by atoms with Crippen LogP contribution in [0, 0.1) is 13.8 Å². The molecule has 31 heavy (non-hydrogen) atoms. The molecule has 0 N–H and O–H groups in total. The van der Waals surface area contributed by atoms with Crippen LogP contribution in [0.5, 0.6) is 5.75 Å². The molecule has 0 aliphatic rings. The first-order valence-electron chi connectivity index (χ1n) is 10.4. The van der Waals surface area contributed by atoms with Crippen molar-refractivity contribution in [2.45, 2.75) is 40.3 Å². The molecule has 4 rings (SSSR count). The minimum Gasteiger partial charge on any atom is -0.491 e. The highest BCUT2D eigenvalue weighted by Crippen LogP contribution is 2.32. The van der Waals surface area contributed by atoms with Gasteiger partial charge in [0.2, 0.25) is 0 Å². The Morgan fingerprint density at radius 2 is 1.68 bits per heavy atom. The van der Waals surface area contributed by atoms with Crippen LogP contribution in [-0.2, 0) is 6.54 Å². The van der Waals surface area contributed by atoms with Crippen LogP contribution in [0.15, 0.2) is 66.7 Å². The summed E-state index contributed by atoms with van der Waals surface area (Å²) < 4.78 is 6.80. The van der Waals surface area contributed by atoms with Crippen LogP contribution in [0.25, 0.3) is 10.2 Å². The Morgan fingerprint density at radius 3 is 2.35 bits per heavy atom. The summed E-state index contributed by atoms with van der Waals surface area (Å²) >= 11 is 1.55. The lowest BCUT2D eigenvalue weighted by molar-refractivity contribution is 0.0985. The summed E-state index contributed by atoms with van der Waals surface area (Å²) in [5, 5.41) is 0.705. The maximum Gasteiger partial charge on any atom is 0.260 e. The van der Waals surface area contributed by atoms with Gasteiger partial charge in [-0.15, -0.1) is 0 Å². The van der Waals surface area contributed by atoms with Crippen molar-refractivity contribution >= 4 is 32.6 Å². The third kappa shape index (κ3) is 4.78. The number of aryl methyl sites for hydroxylation is 2. The van der Waals surface area contributed by atoms with Crippen LogP contribution < -0.4 is 9.64 Å². The molecule has 0 unspecified atom stereocenters. The van der Waals surface area contributed by atoms with Gasteiger partial charge in [0.05, 0.1) is 22.9 Å². The minimum absolute atomic E-state index is 0.0764. The van der Waals surface area contributed by atoms with E-state index >= 15 is 0 Å². The van der Waals surface area contributed by atoms with Crippen LogP contribution in [0.4, 0.5) is 5.13 Å². The maximum atomic E-state index is 13.5. The number of nitrogens with zero attached hydrogens (tertiary/aromatic N) is 2. The summed E-state index contributed by atoms with van der Waals surface area (Å²) in [6.07, 6.45) is 0.0887. The third-order valence-electron chi connectivity index (χ3n) is 5.13. The molecule has 0 fully saturated rings. The number of anilines is 1. The molecule has 4 aromatic rings. The van der Waals surface area contributed by atoms with E-state index in [1.54, 1.807) is 16.2 Å². The molecule has 1 heterocycles. The zero-order valence-electron chi connectivity index (χ0n) is 18.3. The lowest BCUT2D eigenvalue weighted by Gasteiger charge is -2.20. The van der Waals surface area contributed by atoms with Gasteiger partial charge >= 0.3 is 0 Å². The van der Waals surface area contributed by atoms with Crippen molar-refractivity contribution in [3.05, 3.63) is 89.0 Å². The van der Waals surface area contributed by atoms with Gasteiger partial charge in [-0.25, -0.2) is 4.98 Å². The van der Waals surface area contributed by atoms with Crippen molar-refractivity contribution in [2.24, 2.45) is 0 Å². The number of carbonyl (C=O) groups excluding carboxylic acids is 1. The van der Waals surface area contributed by atoms with Gasteiger partial charge in [0.15, 0.2) is 5.13 Å². The highest BCUT2D eigenvalue weighted by atomic mass is 32.1. The fourth-order valence-electron chi connectivity index (χ4n) is 3.38. The minimum atomic E-state index is -0.0764. The number of hydrogen-bond donors (Lipinski definition) is 0. The fourth-order valence-corrected chi connectivity index (χ4v) is 4.42. The van der Waals surface area contributed by atoms with Crippen LogP contribution in [0.2, 0.25) is 0 Å². The number of ether oxygens (including phenoxy) is 1. The molecule has 0 bridgehead atoms. The largest absolute Gasteiger partial charge is 0.491 e. The third-order valence-corrected chi connectivity index (χ3v) is 6.17. The standard InChI is InChI=1S/C26H26N2O2S/c1-17(2)30-22-12-10-21(11-13-22)25(29)28(16-20-8-6-5-7-9-20)26-27-23-14-18(3)19(4)15-24(23)31-26/h5-15,17H,16H2,1-4H3. The molecule has 0 aliphatic heterocycles. The van der Waals surface area contributed by atoms with Gasteiger partial charge in [-0.3, -0.25) is 9.69 Å². The van der Waals surface area contributed by atoms with E-state index in [4.69, 9.17) is 9.72 Å². The molecular weight excluding hydrogens is 404 g/mol. The van der Waals surface area contributed by atoms with E-state index in [0.29, 0.717) is 17.2 Å². The average molecular weight is 431 g/mol. The van der Waals surface area contributed by atoms with Crippen molar-refractivity contribution in [3.8, 4) is 5.75 Å². The average Bonchev–Trinajstić information content (AvgIpc) is 3.15. The second-order valence-corrected chi connectivity index (χ2v) is 8.98. The molecule has 1 aromatic heterocycles. The molecule has 3 aromatic carbocycles. The van der Waals surface area contributed by atoms with Gasteiger partial charge < -0.3 is 4.74 Å². The number of aromatic nitrogens is 1. The van der Waals surface area contributed by atoms with Crippen LogP contribution in [0.3, 0.4) is 0 Å². The summed E-state index contributed by atoms with van der Waals surface area (Å²) in [4.78, 5) is 20.1. The second kappa shape index (κ2) is 8.90. The van der Waals surface area contributed by atoms with Crippen molar-refractivity contribution in [2.75, 3.05) is 4.90 Å². The van der Waals surface area contributed by atoms with E-state index in [1.165, 1.54) is 11.1 Å². The first-order valence-corrected chi connectivity index (χ1v) is 11.2. The zero-order chi connectivity index (χ0) is 22.0. The van der Waals surface area contributed by atoms with E-state index in [-0.39, 0.29) is 12.0 Å². The number of hydrogen-bond acceptors (Lipinski definition) is 4. The smallest absolute Gasteiger partial charge is 0.260 e. The summed E-state index contributed by atoms with van der Waals surface area (Å²) in [5.74, 6) is 0.680. The van der Waals surface area contributed by atoms with E-state index in [0.717, 1.165) is 21.5 Å². The van der Waals surface area contributed by atoms with Gasteiger partial charge in [0.25, 0.3) is 5.91 Å². The van der Waals surface area contributed by atoms with E-state index < -0.39 is 0 Å². The number of rotatable bonds is 6. The van der Waals surface area contributed by atoms with Gasteiger partial charge in [-0.1, -0.05) is 41.7 Å².